The fourth-order valence-electron chi connectivity index (χ4n) is 2.00. The minimum Gasteiger partial charge on any atom is -0.490 e. The van der Waals surface area contributed by atoms with Crippen LogP contribution in [0.2, 0.25) is 0 Å². The van der Waals surface area contributed by atoms with E-state index in [9.17, 15) is 5.11 Å². The number of aliphatic hydroxyl groups excluding tert-OH is 1. The molecule has 108 valence electrons. The number of aryl methyl sites for hydroxylation is 1. The van der Waals surface area contributed by atoms with Crippen LogP contribution in [0.3, 0.4) is 0 Å². The third-order valence-corrected chi connectivity index (χ3v) is 2.91. The first kappa shape index (κ1) is 14.5. The maximum Gasteiger partial charge on any atom is 0.161 e. The smallest absolute Gasteiger partial charge is 0.161 e. The van der Waals surface area contributed by atoms with E-state index >= 15 is 0 Å². The van der Waals surface area contributed by atoms with Gasteiger partial charge in [0.05, 0.1) is 13.2 Å². The zero-order chi connectivity index (χ0) is 14.5. The molecule has 1 aromatic heterocycles. The van der Waals surface area contributed by atoms with Crippen LogP contribution < -0.4 is 9.47 Å². The van der Waals surface area contributed by atoms with E-state index in [0.717, 1.165) is 5.76 Å². The predicted molar refractivity (Wildman–Crippen MR) is 76.3 cm³/mol. The molecule has 2 rings (SSSR count). The largest absolute Gasteiger partial charge is 0.490 e. The standard InChI is InChI=1S/C16H20O4/c1-4-18-13-9-7-12(10-15(13)19-5-2)16(17)14-8-6-11(3)20-14/h6-10,16-17H,4-5H2,1-3H3. The van der Waals surface area contributed by atoms with Crippen LogP contribution >= 0.6 is 0 Å². The molecule has 20 heavy (non-hydrogen) atoms. The minimum atomic E-state index is -0.807. The van der Waals surface area contributed by atoms with E-state index in [4.69, 9.17) is 13.9 Å². The van der Waals surface area contributed by atoms with Crippen molar-refractivity contribution in [2.24, 2.45) is 0 Å². The lowest BCUT2D eigenvalue weighted by Gasteiger charge is -2.14. The molecule has 0 saturated heterocycles. The molecule has 0 fully saturated rings. The maximum atomic E-state index is 10.3. The van der Waals surface area contributed by atoms with Gasteiger partial charge in [-0.2, -0.15) is 0 Å². The molecule has 1 aromatic carbocycles. The SMILES string of the molecule is CCOc1ccc(C(O)c2ccc(C)o2)cc1OCC. The molecule has 0 amide bonds. The second kappa shape index (κ2) is 6.48. The van der Waals surface area contributed by atoms with Gasteiger partial charge < -0.3 is 19.0 Å². The first-order valence-corrected chi connectivity index (χ1v) is 6.79. The topological polar surface area (TPSA) is 51.8 Å². The number of furan rings is 1. The average molecular weight is 276 g/mol. The molecule has 1 heterocycles. The van der Waals surface area contributed by atoms with Gasteiger partial charge in [-0.1, -0.05) is 6.07 Å². The van der Waals surface area contributed by atoms with Crippen LogP contribution in [-0.2, 0) is 0 Å². The van der Waals surface area contributed by atoms with E-state index < -0.39 is 6.10 Å². The molecule has 0 aliphatic carbocycles. The summed E-state index contributed by atoms with van der Waals surface area (Å²) in [6, 6.07) is 9.02. The van der Waals surface area contributed by atoms with E-state index in [1.54, 1.807) is 12.1 Å². The summed E-state index contributed by atoms with van der Waals surface area (Å²) in [7, 11) is 0. The summed E-state index contributed by atoms with van der Waals surface area (Å²) in [6.07, 6.45) is -0.807. The number of benzene rings is 1. The van der Waals surface area contributed by atoms with Gasteiger partial charge in [0.2, 0.25) is 0 Å². The monoisotopic (exact) mass is 276 g/mol. The molecule has 0 aliphatic rings. The molecule has 4 heteroatoms. The molecular formula is C16H20O4. The third kappa shape index (κ3) is 3.14. The highest BCUT2D eigenvalue weighted by Crippen LogP contribution is 2.33. The molecule has 2 aromatic rings. The molecule has 0 spiro atoms. The van der Waals surface area contributed by atoms with Crippen LogP contribution in [0.25, 0.3) is 0 Å². The molecular weight excluding hydrogens is 256 g/mol. The van der Waals surface area contributed by atoms with Crippen LogP contribution in [-0.4, -0.2) is 18.3 Å². The quantitative estimate of drug-likeness (QED) is 0.877. The highest BCUT2D eigenvalue weighted by atomic mass is 16.5. The lowest BCUT2D eigenvalue weighted by Crippen LogP contribution is -2.02. The van der Waals surface area contributed by atoms with Gasteiger partial charge >= 0.3 is 0 Å². The van der Waals surface area contributed by atoms with Crippen molar-refractivity contribution in [3.8, 4) is 11.5 Å². The Hall–Kier alpha value is -1.94. The fraction of sp³-hybridized carbons (Fsp3) is 0.375. The zero-order valence-electron chi connectivity index (χ0n) is 12.1. The van der Waals surface area contributed by atoms with E-state index in [0.29, 0.717) is 36.0 Å². The molecule has 0 bridgehead atoms. The molecule has 0 saturated carbocycles. The molecule has 1 atom stereocenters. The highest BCUT2D eigenvalue weighted by Gasteiger charge is 2.16. The van der Waals surface area contributed by atoms with Gasteiger partial charge in [-0.25, -0.2) is 0 Å². The lowest BCUT2D eigenvalue weighted by atomic mass is 10.1. The fourth-order valence-corrected chi connectivity index (χ4v) is 2.00. The number of ether oxygens (including phenoxy) is 2. The van der Waals surface area contributed by atoms with Crippen molar-refractivity contribution in [2.75, 3.05) is 13.2 Å². The summed E-state index contributed by atoms with van der Waals surface area (Å²) in [6.45, 7) is 6.79. The van der Waals surface area contributed by atoms with E-state index in [-0.39, 0.29) is 0 Å². The second-order valence-corrected chi connectivity index (χ2v) is 4.42. The third-order valence-electron chi connectivity index (χ3n) is 2.91. The van der Waals surface area contributed by atoms with E-state index in [1.165, 1.54) is 0 Å². The number of aliphatic hydroxyl groups is 1. The maximum absolute atomic E-state index is 10.3. The van der Waals surface area contributed by atoms with Crippen molar-refractivity contribution < 1.29 is 19.0 Å². The van der Waals surface area contributed by atoms with Gasteiger partial charge in [0.1, 0.15) is 17.6 Å². The Morgan fingerprint density at radius 2 is 1.75 bits per heavy atom. The lowest BCUT2D eigenvalue weighted by molar-refractivity contribution is 0.186. The Kier molecular flexibility index (Phi) is 4.69. The Morgan fingerprint density at radius 3 is 2.35 bits per heavy atom. The molecule has 0 aliphatic heterocycles. The first-order chi connectivity index (χ1) is 9.65. The van der Waals surface area contributed by atoms with E-state index in [1.807, 2.05) is 39.0 Å². The molecule has 1 N–H and O–H groups in total. The van der Waals surface area contributed by atoms with Crippen molar-refractivity contribution >= 4 is 0 Å². The summed E-state index contributed by atoms with van der Waals surface area (Å²) in [4.78, 5) is 0. The van der Waals surface area contributed by atoms with Crippen LogP contribution in [0.1, 0.15) is 37.0 Å². The van der Waals surface area contributed by atoms with Crippen molar-refractivity contribution in [1.29, 1.82) is 0 Å². The highest BCUT2D eigenvalue weighted by molar-refractivity contribution is 5.44. The van der Waals surface area contributed by atoms with Gasteiger partial charge in [0, 0.05) is 0 Å². The van der Waals surface area contributed by atoms with Gasteiger partial charge in [-0.05, 0) is 50.6 Å². The number of hydrogen-bond donors (Lipinski definition) is 1. The second-order valence-electron chi connectivity index (χ2n) is 4.42. The molecule has 0 radical (unpaired) electrons. The number of rotatable bonds is 6. The Morgan fingerprint density at radius 1 is 1.05 bits per heavy atom. The summed E-state index contributed by atoms with van der Waals surface area (Å²) in [5.41, 5.74) is 0.714. The first-order valence-electron chi connectivity index (χ1n) is 6.79. The predicted octanol–water partition coefficient (Wildman–Crippen LogP) is 3.47. The van der Waals surface area contributed by atoms with Gasteiger partial charge in [0.15, 0.2) is 11.5 Å². The zero-order valence-corrected chi connectivity index (χ0v) is 12.1. The minimum absolute atomic E-state index is 0.522. The Balaban J connectivity index is 2.29. The summed E-state index contributed by atoms with van der Waals surface area (Å²) < 4.78 is 16.5. The van der Waals surface area contributed by atoms with Gasteiger partial charge in [-0.15, -0.1) is 0 Å². The van der Waals surface area contributed by atoms with Gasteiger partial charge in [-0.3, -0.25) is 0 Å². The summed E-state index contributed by atoms with van der Waals surface area (Å²) in [5, 5.41) is 10.3. The van der Waals surface area contributed by atoms with Crippen molar-refractivity contribution in [3.63, 3.8) is 0 Å². The van der Waals surface area contributed by atoms with Crippen LogP contribution in [0.15, 0.2) is 34.7 Å². The summed E-state index contributed by atoms with van der Waals surface area (Å²) in [5.74, 6) is 2.61. The molecule has 1 unspecified atom stereocenters. The summed E-state index contributed by atoms with van der Waals surface area (Å²) >= 11 is 0. The van der Waals surface area contributed by atoms with Crippen LogP contribution in [0.4, 0.5) is 0 Å². The van der Waals surface area contributed by atoms with Gasteiger partial charge in [0.25, 0.3) is 0 Å². The van der Waals surface area contributed by atoms with Crippen molar-refractivity contribution in [2.45, 2.75) is 26.9 Å². The number of hydrogen-bond acceptors (Lipinski definition) is 4. The molecule has 4 nitrogen and oxygen atoms in total. The normalized spacial score (nSPS) is 12.2. The van der Waals surface area contributed by atoms with Crippen molar-refractivity contribution in [3.05, 3.63) is 47.4 Å². The Bertz CT molecular complexity index is 559. The van der Waals surface area contributed by atoms with E-state index in [2.05, 4.69) is 0 Å². The Labute approximate surface area is 118 Å². The average Bonchev–Trinajstić information content (AvgIpc) is 2.87. The van der Waals surface area contributed by atoms with Crippen LogP contribution in [0, 0.1) is 6.92 Å². The van der Waals surface area contributed by atoms with Crippen molar-refractivity contribution in [1.82, 2.24) is 0 Å². The van der Waals surface area contributed by atoms with Crippen LogP contribution in [0.5, 0.6) is 11.5 Å².